The molecule has 1 unspecified atom stereocenters. The fourth-order valence-corrected chi connectivity index (χ4v) is 2.96. The Labute approximate surface area is 64.9 Å². The van der Waals surface area contributed by atoms with Crippen LogP contribution < -0.4 is 0 Å². The Bertz CT molecular complexity index is 256. The van der Waals surface area contributed by atoms with Gasteiger partial charge in [0, 0.05) is 11.8 Å². The second-order valence-corrected chi connectivity index (χ2v) is 3.90. The minimum absolute atomic E-state index is 0.0897. The van der Waals surface area contributed by atoms with Gasteiger partial charge in [-0.15, -0.1) is 0 Å². The van der Waals surface area contributed by atoms with Gasteiger partial charge in [0.25, 0.3) is 0 Å². The Morgan fingerprint density at radius 1 is 1.36 bits per heavy atom. The maximum Gasteiger partial charge on any atom is 0.165 e. The topological polar surface area (TPSA) is 37.3 Å². The largest absolute Gasteiger partial charge is 0.385 e. The van der Waals surface area contributed by atoms with Gasteiger partial charge in [-0.05, 0) is 18.3 Å². The zero-order valence-corrected chi connectivity index (χ0v) is 6.10. The summed E-state index contributed by atoms with van der Waals surface area (Å²) in [6.45, 7) is 0. The van der Waals surface area contributed by atoms with E-state index in [0.29, 0.717) is 11.8 Å². The summed E-state index contributed by atoms with van der Waals surface area (Å²) in [5.74, 6) is 1.56. The lowest BCUT2D eigenvalue weighted by molar-refractivity contribution is -0.153. The first kappa shape index (κ1) is 5.95. The zero-order chi connectivity index (χ0) is 7.59. The van der Waals surface area contributed by atoms with E-state index in [1.165, 1.54) is 0 Å². The van der Waals surface area contributed by atoms with Crippen molar-refractivity contribution in [2.24, 2.45) is 23.7 Å². The molecule has 0 radical (unpaired) electrons. The molecule has 2 nitrogen and oxygen atoms in total. The molecule has 3 aliphatic rings. The third kappa shape index (κ3) is 0.486. The number of carbonyl (C=O) groups excluding carboxylic acids is 1. The summed E-state index contributed by atoms with van der Waals surface area (Å²) in [6.07, 6.45) is 4.80. The lowest BCUT2D eigenvalue weighted by Crippen LogP contribution is -2.53. The van der Waals surface area contributed by atoms with E-state index in [1.54, 1.807) is 0 Å². The van der Waals surface area contributed by atoms with Gasteiger partial charge in [0.15, 0.2) is 5.78 Å². The molecule has 2 fully saturated rings. The predicted molar refractivity (Wildman–Crippen MR) is 38.7 cm³/mol. The first-order valence-electron chi connectivity index (χ1n) is 4.19. The molecule has 2 saturated carbocycles. The molecule has 0 amide bonds. The highest BCUT2D eigenvalue weighted by Crippen LogP contribution is 2.55. The molecule has 58 valence electrons. The van der Waals surface area contributed by atoms with Crippen molar-refractivity contribution in [1.29, 1.82) is 0 Å². The van der Waals surface area contributed by atoms with E-state index in [2.05, 4.69) is 12.2 Å². The SMILES string of the molecule is O=C1C(O)[C@H]2[C@@H]1[C@H]1C=C[C@H]2C1. The van der Waals surface area contributed by atoms with Gasteiger partial charge in [0.1, 0.15) is 6.10 Å². The highest BCUT2D eigenvalue weighted by molar-refractivity contribution is 5.93. The lowest BCUT2D eigenvalue weighted by Gasteiger charge is -2.40. The number of rotatable bonds is 0. The highest BCUT2D eigenvalue weighted by Gasteiger charge is 2.60. The van der Waals surface area contributed by atoms with Gasteiger partial charge >= 0.3 is 0 Å². The van der Waals surface area contributed by atoms with Gasteiger partial charge < -0.3 is 5.11 Å². The Morgan fingerprint density at radius 2 is 2.09 bits per heavy atom. The number of ketones is 1. The quantitative estimate of drug-likeness (QED) is 0.506. The van der Waals surface area contributed by atoms with Crippen molar-refractivity contribution >= 4 is 5.78 Å². The van der Waals surface area contributed by atoms with Crippen LogP contribution in [0.2, 0.25) is 0 Å². The molecular formula is C9H10O2. The summed E-state index contributed by atoms with van der Waals surface area (Å²) in [5.41, 5.74) is 0. The van der Waals surface area contributed by atoms with Crippen molar-refractivity contribution in [3.05, 3.63) is 12.2 Å². The first-order valence-corrected chi connectivity index (χ1v) is 4.19. The standard InChI is InChI=1S/C9H10O2/c10-8-6-4-1-2-5(3-4)7(6)9(8)11/h1-2,4-8,10H,3H2/t4-,5-,6+,7-,8?/m0/s1. The molecule has 0 heterocycles. The van der Waals surface area contributed by atoms with Gasteiger partial charge in [-0.1, -0.05) is 12.2 Å². The summed E-state index contributed by atoms with van der Waals surface area (Å²) in [4.78, 5) is 11.1. The van der Waals surface area contributed by atoms with Crippen LogP contribution in [0.1, 0.15) is 6.42 Å². The number of aliphatic hydroxyl groups is 1. The molecule has 2 heteroatoms. The zero-order valence-electron chi connectivity index (χ0n) is 6.10. The summed E-state index contributed by atoms with van der Waals surface area (Å²) < 4.78 is 0. The molecule has 5 atom stereocenters. The molecule has 1 N–H and O–H groups in total. The van der Waals surface area contributed by atoms with Crippen LogP contribution in [0.25, 0.3) is 0 Å². The number of Topliss-reactive ketones (excluding diaryl/α,β-unsaturated/α-hetero) is 1. The maximum absolute atomic E-state index is 11.1. The van der Waals surface area contributed by atoms with Crippen LogP contribution in [-0.4, -0.2) is 17.0 Å². The van der Waals surface area contributed by atoms with E-state index in [0.717, 1.165) is 6.42 Å². The number of aliphatic hydroxyl groups excluding tert-OH is 1. The third-order valence-electron chi connectivity index (χ3n) is 3.50. The number of allylic oxidation sites excluding steroid dienone is 2. The van der Waals surface area contributed by atoms with Gasteiger partial charge in [0.05, 0.1) is 0 Å². The second kappa shape index (κ2) is 1.58. The molecule has 11 heavy (non-hydrogen) atoms. The number of fused-ring (bicyclic) bond motifs is 5. The second-order valence-electron chi connectivity index (χ2n) is 3.90. The van der Waals surface area contributed by atoms with E-state index in [9.17, 15) is 9.90 Å². The van der Waals surface area contributed by atoms with Crippen molar-refractivity contribution in [2.75, 3.05) is 0 Å². The van der Waals surface area contributed by atoms with Crippen molar-refractivity contribution in [1.82, 2.24) is 0 Å². The monoisotopic (exact) mass is 150 g/mol. The Balaban J connectivity index is 2.01. The lowest BCUT2D eigenvalue weighted by atomic mass is 9.65. The average Bonchev–Trinajstić information content (AvgIpc) is 2.58. The molecule has 0 aromatic carbocycles. The van der Waals surface area contributed by atoms with Crippen LogP contribution in [0.3, 0.4) is 0 Å². The minimum Gasteiger partial charge on any atom is -0.385 e. The molecule has 0 saturated heterocycles. The summed E-state index contributed by atoms with van der Waals surface area (Å²) in [6, 6.07) is 0. The fraction of sp³-hybridized carbons (Fsp3) is 0.667. The average molecular weight is 150 g/mol. The van der Waals surface area contributed by atoms with Gasteiger partial charge in [-0.3, -0.25) is 4.79 Å². The van der Waals surface area contributed by atoms with Gasteiger partial charge in [0.2, 0.25) is 0 Å². The molecule has 0 aromatic heterocycles. The van der Waals surface area contributed by atoms with Crippen LogP contribution in [0, 0.1) is 23.7 Å². The van der Waals surface area contributed by atoms with Crippen LogP contribution in [0.4, 0.5) is 0 Å². The van der Waals surface area contributed by atoms with E-state index in [4.69, 9.17) is 0 Å². The van der Waals surface area contributed by atoms with Crippen LogP contribution >= 0.6 is 0 Å². The van der Waals surface area contributed by atoms with Gasteiger partial charge in [-0.25, -0.2) is 0 Å². The van der Waals surface area contributed by atoms with Crippen LogP contribution in [0.15, 0.2) is 12.2 Å². The smallest absolute Gasteiger partial charge is 0.165 e. The number of carbonyl (C=O) groups is 1. The summed E-state index contributed by atoms with van der Waals surface area (Å²) >= 11 is 0. The van der Waals surface area contributed by atoms with Crippen molar-refractivity contribution < 1.29 is 9.90 Å². The Kier molecular flexibility index (Phi) is 0.856. The number of hydrogen-bond donors (Lipinski definition) is 1. The molecule has 0 aromatic rings. The van der Waals surface area contributed by atoms with E-state index < -0.39 is 6.10 Å². The minimum atomic E-state index is -0.625. The van der Waals surface area contributed by atoms with Gasteiger partial charge in [-0.2, -0.15) is 0 Å². The molecule has 2 bridgehead atoms. The van der Waals surface area contributed by atoms with E-state index >= 15 is 0 Å². The Hall–Kier alpha value is -0.630. The van der Waals surface area contributed by atoms with Crippen molar-refractivity contribution in [3.63, 3.8) is 0 Å². The predicted octanol–water partition coefficient (Wildman–Crippen LogP) is 0.368. The highest BCUT2D eigenvalue weighted by atomic mass is 16.3. The molecular weight excluding hydrogens is 140 g/mol. The normalized spacial score (nSPS) is 57.9. The summed E-state index contributed by atoms with van der Waals surface area (Å²) in [5, 5.41) is 9.33. The number of hydrogen-bond acceptors (Lipinski definition) is 2. The third-order valence-corrected chi connectivity index (χ3v) is 3.50. The van der Waals surface area contributed by atoms with E-state index in [-0.39, 0.29) is 17.6 Å². The van der Waals surface area contributed by atoms with Crippen molar-refractivity contribution in [3.8, 4) is 0 Å². The van der Waals surface area contributed by atoms with Crippen LogP contribution in [-0.2, 0) is 4.79 Å². The van der Waals surface area contributed by atoms with Crippen molar-refractivity contribution in [2.45, 2.75) is 12.5 Å². The Morgan fingerprint density at radius 3 is 2.82 bits per heavy atom. The molecule has 0 aliphatic heterocycles. The fourth-order valence-electron chi connectivity index (χ4n) is 2.96. The van der Waals surface area contributed by atoms with Crippen LogP contribution in [0.5, 0.6) is 0 Å². The summed E-state index contributed by atoms with van der Waals surface area (Å²) in [7, 11) is 0. The van der Waals surface area contributed by atoms with E-state index in [1.807, 2.05) is 0 Å². The molecule has 0 spiro atoms. The first-order chi connectivity index (χ1) is 5.29. The molecule has 3 aliphatic carbocycles. The maximum atomic E-state index is 11.1. The molecule has 3 rings (SSSR count).